The van der Waals surface area contributed by atoms with Crippen LogP contribution in [-0.4, -0.2) is 35.3 Å². The zero-order valence-electron chi connectivity index (χ0n) is 28.2. The Balaban J connectivity index is 1.22. The number of aryl methyl sites for hydroxylation is 1. The van der Waals surface area contributed by atoms with Gasteiger partial charge in [0.1, 0.15) is 12.4 Å². The molecule has 1 spiro atoms. The molecular weight excluding hydrogens is 546 g/mol. The Morgan fingerprint density at radius 1 is 0.977 bits per heavy atom. The Hall–Kier alpha value is -1.51. The van der Waals surface area contributed by atoms with Crippen molar-refractivity contribution in [2.45, 2.75) is 179 Å². The van der Waals surface area contributed by atoms with E-state index in [2.05, 4.69) is 65.5 Å². The predicted molar refractivity (Wildman–Crippen MR) is 180 cm³/mol. The van der Waals surface area contributed by atoms with Crippen LogP contribution in [0.5, 0.6) is 0 Å². The van der Waals surface area contributed by atoms with Gasteiger partial charge < -0.3 is 5.32 Å². The molecule has 0 aromatic heterocycles. The van der Waals surface area contributed by atoms with Crippen molar-refractivity contribution in [2.24, 2.45) is 5.92 Å². The number of carbonyl (C=O) groups excluding carboxylic acids is 1. The van der Waals surface area contributed by atoms with E-state index in [1.807, 2.05) is 0 Å². The molecule has 1 aromatic rings. The third-order valence-electron chi connectivity index (χ3n) is 11.0. The molecule has 248 valence electrons. The van der Waals surface area contributed by atoms with Gasteiger partial charge in [0.25, 0.3) is 0 Å². The minimum atomic E-state index is -0.137. The second kappa shape index (κ2) is 16.9. The number of hydroxylamine groups is 2. The lowest BCUT2D eigenvalue weighted by Gasteiger charge is -2.47. The van der Waals surface area contributed by atoms with Gasteiger partial charge in [-0.2, -0.15) is 5.06 Å². The van der Waals surface area contributed by atoms with Crippen LogP contribution >= 0.6 is 0 Å². The molecule has 0 radical (unpaired) electrons. The number of nitrogens with zero attached hydrogens (tertiary/aromatic N) is 1. The van der Waals surface area contributed by atoms with Crippen molar-refractivity contribution in [1.29, 1.82) is 0 Å². The molecular formula is C37H63N5O2. The van der Waals surface area contributed by atoms with Crippen LogP contribution in [0.2, 0.25) is 0 Å². The number of amides is 1. The van der Waals surface area contributed by atoms with Crippen LogP contribution in [0.25, 0.3) is 0 Å². The van der Waals surface area contributed by atoms with Crippen LogP contribution in [0.15, 0.2) is 18.2 Å². The number of rotatable bonds is 12. The fraction of sp³-hybridized carbons (Fsp3) is 0.811. The topological polar surface area (TPSA) is 77.7 Å². The van der Waals surface area contributed by atoms with E-state index in [0.29, 0.717) is 6.04 Å². The molecule has 44 heavy (non-hydrogen) atoms. The predicted octanol–water partition coefficient (Wildman–Crippen LogP) is 7.88. The van der Waals surface area contributed by atoms with Crippen molar-refractivity contribution in [3.05, 3.63) is 34.9 Å². The molecule has 3 fully saturated rings. The molecule has 0 bridgehead atoms. The lowest BCUT2D eigenvalue weighted by molar-refractivity contribution is -0.164. The minimum Gasteiger partial charge on any atom is -0.349 e. The number of benzene rings is 1. The zero-order valence-corrected chi connectivity index (χ0v) is 28.2. The van der Waals surface area contributed by atoms with Crippen LogP contribution in [-0.2, 0) is 16.1 Å². The first-order valence-electron chi connectivity index (χ1n) is 18.7. The summed E-state index contributed by atoms with van der Waals surface area (Å²) in [4.78, 5) is 20.4. The van der Waals surface area contributed by atoms with Gasteiger partial charge in [-0.1, -0.05) is 116 Å². The summed E-state index contributed by atoms with van der Waals surface area (Å²) in [5.74, 6) is 0.259. The van der Waals surface area contributed by atoms with E-state index in [1.165, 1.54) is 107 Å². The van der Waals surface area contributed by atoms with Crippen LogP contribution in [0.1, 0.15) is 172 Å². The van der Waals surface area contributed by atoms with Gasteiger partial charge in [-0.15, -0.1) is 0 Å². The Bertz CT molecular complexity index is 1020. The summed E-state index contributed by atoms with van der Waals surface area (Å²) < 4.78 is 0. The lowest BCUT2D eigenvalue weighted by atomic mass is 9.71. The number of hydrazine groups is 1. The molecule has 5 rings (SSSR count). The fourth-order valence-corrected chi connectivity index (χ4v) is 8.32. The van der Waals surface area contributed by atoms with Crippen molar-refractivity contribution >= 4 is 5.91 Å². The molecule has 2 aliphatic heterocycles. The van der Waals surface area contributed by atoms with E-state index in [0.717, 1.165) is 45.1 Å². The SMILES string of the molecule is CCCCCCCCCN1OC(CC)NC1c1ccc2c(c1)CC[C@H]2NC(=O)C1CC(C)NNC12CCCCCCCCC2. The second-order valence-electron chi connectivity index (χ2n) is 14.5. The van der Waals surface area contributed by atoms with Gasteiger partial charge in [-0.25, -0.2) is 0 Å². The Morgan fingerprint density at radius 3 is 2.41 bits per heavy atom. The first-order chi connectivity index (χ1) is 21.5. The Labute approximate surface area is 268 Å². The van der Waals surface area contributed by atoms with Gasteiger partial charge in [-0.05, 0) is 68.6 Å². The smallest absolute Gasteiger partial charge is 0.225 e. The molecule has 2 saturated heterocycles. The molecule has 2 heterocycles. The maximum absolute atomic E-state index is 14.1. The van der Waals surface area contributed by atoms with E-state index in [4.69, 9.17) is 4.84 Å². The van der Waals surface area contributed by atoms with Crippen LogP contribution in [0.3, 0.4) is 0 Å². The third-order valence-corrected chi connectivity index (χ3v) is 11.0. The molecule has 5 atom stereocenters. The summed E-state index contributed by atoms with van der Waals surface area (Å²) in [6, 6.07) is 7.35. The quantitative estimate of drug-likeness (QED) is 0.181. The van der Waals surface area contributed by atoms with Gasteiger partial charge in [0.05, 0.1) is 12.0 Å². The maximum Gasteiger partial charge on any atom is 0.225 e. The largest absolute Gasteiger partial charge is 0.349 e. The van der Waals surface area contributed by atoms with Crippen molar-refractivity contribution in [2.75, 3.05) is 6.54 Å². The Morgan fingerprint density at radius 2 is 1.68 bits per heavy atom. The highest BCUT2D eigenvalue weighted by atomic mass is 16.7. The number of hydrogen-bond acceptors (Lipinski definition) is 6. The van der Waals surface area contributed by atoms with E-state index in [1.54, 1.807) is 0 Å². The van der Waals surface area contributed by atoms with E-state index < -0.39 is 0 Å². The molecule has 4 aliphatic rings. The van der Waals surface area contributed by atoms with Gasteiger partial charge >= 0.3 is 0 Å². The zero-order chi connectivity index (χ0) is 30.8. The Kier molecular flexibility index (Phi) is 13.0. The van der Waals surface area contributed by atoms with Gasteiger partial charge in [0.2, 0.25) is 5.91 Å². The van der Waals surface area contributed by atoms with Crippen molar-refractivity contribution in [3.63, 3.8) is 0 Å². The third kappa shape index (κ3) is 8.64. The summed E-state index contributed by atoms with van der Waals surface area (Å²) >= 11 is 0. The average molecular weight is 610 g/mol. The van der Waals surface area contributed by atoms with E-state index in [9.17, 15) is 4.79 Å². The minimum absolute atomic E-state index is 0.00696. The first kappa shape index (κ1) is 33.8. The number of hydrogen-bond donors (Lipinski definition) is 4. The number of unbranched alkanes of at least 4 members (excludes halogenated alkanes) is 6. The van der Waals surface area contributed by atoms with E-state index in [-0.39, 0.29) is 35.8 Å². The molecule has 7 heteroatoms. The second-order valence-corrected chi connectivity index (χ2v) is 14.5. The average Bonchev–Trinajstić information content (AvgIpc) is 3.64. The van der Waals surface area contributed by atoms with Crippen LogP contribution in [0.4, 0.5) is 0 Å². The molecule has 4 N–H and O–H groups in total. The van der Waals surface area contributed by atoms with Gasteiger partial charge in [0.15, 0.2) is 0 Å². The van der Waals surface area contributed by atoms with Crippen LogP contribution in [0, 0.1) is 5.92 Å². The molecule has 4 unspecified atom stereocenters. The molecule has 2 aliphatic carbocycles. The highest BCUT2D eigenvalue weighted by Gasteiger charge is 2.46. The maximum atomic E-state index is 14.1. The summed E-state index contributed by atoms with van der Waals surface area (Å²) in [7, 11) is 0. The van der Waals surface area contributed by atoms with Gasteiger partial charge in [-0.3, -0.25) is 25.8 Å². The summed E-state index contributed by atoms with van der Waals surface area (Å²) in [6.45, 7) is 7.63. The number of nitrogens with one attached hydrogen (secondary N) is 4. The first-order valence-corrected chi connectivity index (χ1v) is 18.7. The molecule has 1 amide bonds. The number of fused-ring (bicyclic) bond motifs is 1. The fourth-order valence-electron chi connectivity index (χ4n) is 8.32. The molecule has 7 nitrogen and oxygen atoms in total. The van der Waals surface area contributed by atoms with Crippen molar-refractivity contribution in [1.82, 2.24) is 26.5 Å². The number of carbonyl (C=O) groups is 1. The lowest BCUT2D eigenvalue weighted by Crippen LogP contribution is -2.67. The summed E-state index contributed by atoms with van der Waals surface area (Å²) in [5, 5.41) is 9.49. The highest BCUT2D eigenvalue weighted by molar-refractivity contribution is 5.81. The molecule has 1 saturated carbocycles. The summed E-state index contributed by atoms with van der Waals surface area (Å²) in [5.41, 5.74) is 11.1. The normalized spacial score (nSPS) is 29.5. The summed E-state index contributed by atoms with van der Waals surface area (Å²) in [6.07, 6.45) is 24.3. The highest BCUT2D eigenvalue weighted by Crippen LogP contribution is 2.39. The van der Waals surface area contributed by atoms with E-state index >= 15 is 0 Å². The van der Waals surface area contributed by atoms with Crippen LogP contribution < -0.4 is 21.5 Å². The van der Waals surface area contributed by atoms with Crippen molar-refractivity contribution < 1.29 is 9.63 Å². The monoisotopic (exact) mass is 609 g/mol. The van der Waals surface area contributed by atoms with Gasteiger partial charge in [0, 0.05) is 18.1 Å². The molecule has 1 aromatic carbocycles. The standard InChI is InChI=1S/C37H63N5O2/c1-4-6-7-8-12-15-18-25-42-35(39-34(5-2)44-42)30-19-21-31-29(27-30)20-22-33(31)38-36(43)32-26-28(3)40-41-37(32)23-16-13-10-9-11-14-17-24-37/h19,21,27-28,32-35,39-41H,4-18,20,22-26H2,1-3H3,(H,38,43)/t28?,32?,33-,34?,35?/m1/s1. The van der Waals surface area contributed by atoms with Crippen molar-refractivity contribution in [3.8, 4) is 0 Å².